The van der Waals surface area contributed by atoms with Crippen LogP contribution in [0.25, 0.3) is 28.0 Å². The van der Waals surface area contributed by atoms with Crippen LogP contribution in [0.1, 0.15) is 12.5 Å². The molecule has 0 atom stereocenters. The van der Waals surface area contributed by atoms with E-state index < -0.39 is 12.6 Å². The van der Waals surface area contributed by atoms with Crippen LogP contribution in [0, 0.1) is 0 Å². The van der Waals surface area contributed by atoms with E-state index in [-0.39, 0.29) is 17.9 Å². The van der Waals surface area contributed by atoms with E-state index in [0.29, 0.717) is 21.9 Å². The molecule has 0 unspecified atom stereocenters. The zero-order valence-corrected chi connectivity index (χ0v) is 12.7. The molecule has 0 bridgehead atoms. The van der Waals surface area contributed by atoms with E-state index in [2.05, 4.69) is 9.72 Å². The second-order valence-electron chi connectivity index (χ2n) is 4.79. The molecule has 7 heteroatoms. The summed E-state index contributed by atoms with van der Waals surface area (Å²) in [5.41, 5.74) is 1.26. The van der Waals surface area contributed by atoms with E-state index in [1.54, 1.807) is 25.3 Å². The fourth-order valence-corrected chi connectivity index (χ4v) is 2.40. The first-order chi connectivity index (χ1) is 11.6. The number of hydrogen-bond acceptors (Lipinski definition) is 5. The summed E-state index contributed by atoms with van der Waals surface area (Å²) in [5.74, 6) is -0.575. The average molecular weight is 333 g/mol. The van der Waals surface area contributed by atoms with Crippen molar-refractivity contribution >= 4 is 34.0 Å². The first kappa shape index (κ1) is 15.9. The van der Waals surface area contributed by atoms with Gasteiger partial charge in [-0.05, 0) is 30.7 Å². The third-order valence-corrected chi connectivity index (χ3v) is 3.32. The number of aromatic nitrogens is 1. The van der Waals surface area contributed by atoms with E-state index in [1.165, 1.54) is 24.4 Å². The Kier molecular flexibility index (Phi) is 4.41. The zero-order valence-electron chi connectivity index (χ0n) is 12.7. The van der Waals surface area contributed by atoms with Crippen LogP contribution in [-0.2, 0) is 9.53 Å². The van der Waals surface area contributed by atoms with Gasteiger partial charge in [0.05, 0.1) is 6.61 Å². The monoisotopic (exact) mass is 333 g/mol. The Balaban J connectivity index is 2.18. The Labute approximate surface area is 135 Å². The molecular formula is C17H13F2NO4. The minimum absolute atomic E-state index is 0.0792. The molecule has 3 aromatic rings. The number of pyridine rings is 1. The Morgan fingerprint density at radius 1 is 1.38 bits per heavy atom. The molecule has 24 heavy (non-hydrogen) atoms. The van der Waals surface area contributed by atoms with E-state index in [0.717, 1.165) is 0 Å². The molecule has 3 rings (SSSR count). The number of nitrogens with zero attached hydrogens (tertiary/aromatic N) is 1. The Hall–Kier alpha value is -2.96. The molecular weight excluding hydrogens is 320 g/mol. The van der Waals surface area contributed by atoms with Gasteiger partial charge < -0.3 is 13.9 Å². The summed E-state index contributed by atoms with van der Waals surface area (Å²) in [5, 5.41) is 1.17. The molecule has 0 aliphatic heterocycles. The summed E-state index contributed by atoms with van der Waals surface area (Å²) in [6, 6.07) is 4.56. The molecule has 2 aromatic heterocycles. The molecule has 0 fully saturated rings. The standard InChI is InChI=1S/C17H13F2NO4/c1-2-22-14(21)6-4-10-3-5-13(24-17(18)19)16-15(10)11-9-20-8-7-12(11)23-16/h3-9,17H,2H2,1H3/b6-4+. The molecule has 124 valence electrons. The lowest BCUT2D eigenvalue weighted by Crippen LogP contribution is -2.02. The number of esters is 1. The second kappa shape index (κ2) is 6.66. The lowest BCUT2D eigenvalue weighted by atomic mass is 10.1. The molecule has 1 aromatic carbocycles. The van der Waals surface area contributed by atoms with Crippen molar-refractivity contribution in [2.24, 2.45) is 0 Å². The van der Waals surface area contributed by atoms with Crippen molar-refractivity contribution in [3.63, 3.8) is 0 Å². The minimum atomic E-state index is -2.97. The second-order valence-corrected chi connectivity index (χ2v) is 4.79. The molecule has 0 amide bonds. The molecule has 0 saturated heterocycles. The predicted octanol–water partition coefficient (Wildman–Crippen LogP) is 4.16. The number of rotatable bonds is 5. The zero-order chi connectivity index (χ0) is 17.1. The van der Waals surface area contributed by atoms with Crippen LogP contribution >= 0.6 is 0 Å². The van der Waals surface area contributed by atoms with Gasteiger partial charge in [-0.3, -0.25) is 4.98 Å². The van der Waals surface area contributed by atoms with Gasteiger partial charge in [-0.15, -0.1) is 0 Å². The maximum Gasteiger partial charge on any atom is 0.387 e. The van der Waals surface area contributed by atoms with Crippen LogP contribution in [0.4, 0.5) is 8.78 Å². The highest BCUT2D eigenvalue weighted by molar-refractivity contribution is 6.11. The largest absolute Gasteiger partial charge is 0.463 e. The fourth-order valence-electron chi connectivity index (χ4n) is 2.40. The summed E-state index contributed by atoms with van der Waals surface area (Å²) in [6.07, 6.45) is 5.90. The van der Waals surface area contributed by atoms with Crippen LogP contribution in [0.5, 0.6) is 5.75 Å². The summed E-state index contributed by atoms with van der Waals surface area (Å²) >= 11 is 0. The molecule has 0 radical (unpaired) electrons. The van der Waals surface area contributed by atoms with Crippen molar-refractivity contribution in [1.82, 2.24) is 4.98 Å². The Bertz CT molecular complexity index is 917. The number of fused-ring (bicyclic) bond motifs is 3. The minimum Gasteiger partial charge on any atom is -0.463 e. The summed E-state index contributed by atoms with van der Waals surface area (Å²) in [4.78, 5) is 15.5. The van der Waals surface area contributed by atoms with Crippen LogP contribution in [-0.4, -0.2) is 24.2 Å². The molecule has 0 aliphatic carbocycles. The lowest BCUT2D eigenvalue weighted by Gasteiger charge is -2.06. The van der Waals surface area contributed by atoms with Gasteiger partial charge in [0, 0.05) is 29.2 Å². The highest BCUT2D eigenvalue weighted by Gasteiger charge is 2.17. The quantitative estimate of drug-likeness (QED) is 0.518. The van der Waals surface area contributed by atoms with Gasteiger partial charge in [0.25, 0.3) is 0 Å². The average Bonchev–Trinajstić information content (AvgIpc) is 2.94. The van der Waals surface area contributed by atoms with Gasteiger partial charge in [-0.2, -0.15) is 8.78 Å². The van der Waals surface area contributed by atoms with Crippen molar-refractivity contribution in [2.45, 2.75) is 13.5 Å². The maximum absolute atomic E-state index is 12.6. The molecule has 2 heterocycles. The predicted molar refractivity (Wildman–Crippen MR) is 83.8 cm³/mol. The SMILES string of the molecule is CCOC(=O)/C=C/c1ccc(OC(F)F)c2oc3ccncc3c12. The Morgan fingerprint density at radius 2 is 2.21 bits per heavy atom. The fraction of sp³-hybridized carbons (Fsp3) is 0.176. The summed E-state index contributed by atoms with van der Waals surface area (Å²) in [7, 11) is 0. The highest BCUT2D eigenvalue weighted by atomic mass is 19.3. The van der Waals surface area contributed by atoms with E-state index in [9.17, 15) is 13.6 Å². The van der Waals surface area contributed by atoms with Gasteiger partial charge in [0.15, 0.2) is 11.3 Å². The van der Waals surface area contributed by atoms with E-state index in [1.807, 2.05) is 0 Å². The maximum atomic E-state index is 12.6. The van der Waals surface area contributed by atoms with Crippen LogP contribution < -0.4 is 4.74 Å². The molecule has 0 spiro atoms. The third kappa shape index (κ3) is 3.05. The number of benzene rings is 1. The smallest absolute Gasteiger partial charge is 0.387 e. The van der Waals surface area contributed by atoms with Crippen molar-refractivity contribution in [3.8, 4) is 5.75 Å². The van der Waals surface area contributed by atoms with Crippen molar-refractivity contribution in [1.29, 1.82) is 0 Å². The van der Waals surface area contributed by atoms with E-state index >= 15 is 0 Å². The summed E-state index contributed by atoms with van der Waals surface area (Å²) < 4.78 is 40.2. The van der Waals surface area contributed by atoms with Gasteiger partial charge in [-0.1, -0.05) is 6.07 Å². The highest BCUT2D eigenvalue weighted by Crippen LogP contribution is 2.37. The van der Waals surface area contributed by atoms with Gasteiger partial charge in [-0.25, -0.2) is 4.79 Å². The number of alkyl halides is 2. The van der Waals surface area contributed by atoms with Crippen molar-refractivity contribution in [2.75, 3.05) is 6.61 Å². The normalized spacial score (nSPS) is 11.7. The number of ether oxygens (including phenoxy) is 2. The molecule has 0 aliphatic rings. The number of hydrogen-bond donors (Lipinski definition) is 0. The van der Waals surface area contributed by atoms with Gasteiger partial charge in [0.2, 0.25) is 0 Å². The van der Waals surface area contributed by atoms with Gasteiger partial charge >= 0.3 is 12.6 Å². The molecule has 0 N–H and O–H groups in total. The Morgan fingerprint density at radius 3 is 2.96 bits per heavy atom. The van der Waals surface area contributed by atoms with Crippen LogP contribution in [0.2, 0.25) is 0 Å². The summed E-state index contributed by atoms with van der Waals surface area (Å²) in [6.45, 7) is -1.01. The van der Waals surface area contributed by atoms with Crippen molar-refractivity contribution in [3.05, 3.63) is 42.2 Å². The van der Waals surface area contributed by atoms with Crippen LogP contribution in [0.3, 0.4) is 0 Å². The first-order valence-electron chi connectivity index (χ1n) is 7.19. The third-order valence-electron chi connectivity index (χ3n) is 3.32. The number of furan rings is 1. The molecule has 0 saturated carbocycles. The number of carbonyl (C=O) groups is 1. The number of halogens is 2. The van der Waals surface area contributed by atoms with Crippen LogP contribution in [0.15, 0.2) is 41.1 Å². The van der Waals surface area contributed by atoms with Crippen molar-refractivity contribution < 1.29 is 27.5 Å². The number of carbonyl (C=O) groups excluding carboxylic acids is 1. The van der Waals surface area contributed by atoms with E-state index in [4.69, 9.17) is 9.15 Å². The van der Waals surface area contributed by atoms with Gasteiger partial charge in [0.1, 0.15) is 5.58 Å². The first-order valence-corrected chi connectivity index (χ1v) is 7.19. The lowest BCUT2D eigenvalue weighted by molar-refractivity contribution is -0.137. The molecule has 5 nitrogen and oxygen atoms in total. The topological polar surface area (TPSA) is 61.6 Å².